The first-order valence-corrected chi connectivity index (χ1v) is 4.68. The van der Waals surface area contributed by atoms with Crippen LogP contribution in [0.4, 0.5) is 5.82 Å². The Bertz CT molecular complexity index is 419. The van der Waals surface area contributed by atoms with Gasteiger partial charge >= 0.3 is 0 Å². The standard InChI is InChI=1S/C8H7N5S/c9-6-4-7(13-5-12-6)14-8-10-2-1-3-11-8/h1-5H,(H2,9,12,13). The summed E-state index contributed by atoms with van der Waals surface area (Å²) in [5, 5.41) is 1.38. The molecule has 2 aromatic rings. The Labute approximate surface area is 84.8 Å². The maximum atomic E-state index is 5.51. The number of hydrogen-bond acceptors (Lipinski definition) is 6. The number of nitrogen functional groups attached to an aromatic ring is 1. The first-order valence-electron chi connectivity index (χ1n) is 3.87. The van der Waals surface area contributed by atoms with Crippen LogP contribution in [-0.2, 0) is 0 Å². The van der Waals surface area contributed by atoms with Gasteiger partial charge in [0.15, 0.2) is 5.16 Å². The van der Waals surface area contributed by atoms with E-state index in [1.165, 1.54) is 18.1 Å². The van der Waals surface area contributed by atoms with Crippen LogP contribution in [0.5, 0.6) is 0 Å². The fourth-order valence-corrected chi connectivity index (χ4v) is 1.53. The first-order chi connectivity index (χ1) is 6.84. The second kappa shape index (κ2) is 4.01. The van der Waals surface area contributed by atoms with Crippen LogP contribution in [0.25, 0.3) is 0 Å². The topological polar surface area (TPSA) is 77.6 Å². The number of hydrogen-bond donors (Lipinski definition) is 1. The predicted molar refractivity (Wildman–Crippen MR) is 52.6 cm³/mol. The minimum atomic E-state index is 0.443. The molecule has 2 N–H and O–H groups in total. The Morgan fingerprint density at radius 2 is 1.86 bits per heavy atom. The number of aromatic nitrogens is 4. The van der Waals surface area contributed by atoms with Crippen LogP contribution >= 0.6 is 11.8 Å². The molecule has 0 aliphatic rings. The summed E-state index contributed by atoms with van der Waals surface area (Å²) in [5.41, 5.74) is 5.51. The maximum absolute atomic E-state index is 5.51. The van der Waals surface area contributed by atoms with Crippen LogP contribution in [-0.4, -0.2) is 19.9 Å². The fraction of sp³-hybridized carbons (Fsp3) is 0. The van der Waals surface area contributed by atoms with Crippen molar-refractivity contribution < 1.29 is 0 Å². The van der Waals surface area contributed by atoms with E-state index in [-0.39, 0.29) is 0 Å². The van der Waals surface area contributed by atoms with Gasteiger partial charge in [0.2, 0.25) is 0 Å². The number of nitrogens with two attached hydrogens (primary N) is 1. The molecule has 0 spiro atoms. The summed E-state index contributed by atoms with van der Waals surface area (Å²) in [6.45, 7) is 0. The Kier molecular flexibility index (Phi) is 2.55. The molecule has 0 fully saturated rings. The molecule has 0 saturated heterocycles. The lowest BCUT2D eigenvalue weighted by molar-refractivity contribution is 0.956. The molecule has 2 rings (SSSR count). The van der Waals surface area contributed by atoms with Gasteiger partial charge in [0.1, 0.15) is 17.2 Å². The van der Waals surface area contributed by atoms with Gasteiger partial charge in [-0.1, -0.05) is 0 Å². The van der Waals surface area contributed by atoms with Gasteiger partial charge < -0.3 is 5.73 Å². The van der Waals surface area contributed by atoms with Crippen molar-refractivity contribution in [3.8, 4) is 0 Å². The van der Waals surface area contributed by atoms with E-state index in [9.17, 15) is 0 Å². The van der Waals surface area contributed by atoms with Crippen molar-refractivity contribution in [2.75, 3.05) is 5.73 Å². The molecule has 6 heteroatoms. The molecule has 0 saturated carbocycles. The molecule has 5 nitrogen and oxygen atoms in total. The number of rotatable bonds is 2. The van der Waals surface area contributed by atoms with E-state index < -0.39 is 0 Å². The smallest absolute Gasteiger partial charge is 0.193 e. The van der Waals surface area contributed by atoms with E-state index in [0.717, 1.165) is 5.03 Å². The highest BCUT2D eigenvalue weighted by Gasteiger charge is 2.00. The summed E-state index contributed by atoms with van der Waals surface area (Å²) in [7, 11) is 0. The summed E-state index contributed by atoms with van der Waals surface area (Å²) < 4.78 is 0. The van der Waals surface area contributed by atoms with Gasteiger partial charge in [0.25, 0.3) is 0 Å². The van der Waals surface area contributed by atoms with Gasteiger partial charge in [-0.2, -0.15) is 0 Å². The van der Waals surface area contributed by atoms with Gasteiger partial charge in [-0.05, 0) is 17.8 Å². The zero-order valence-electron chi connectivity index (χ0n) is 7.16. The second-order valence-corrected chi connectivity index (χ2v) is 3.40. The first kappa shape index (κ1) is 8.89. The molecule has 14 heavy (non-hydrogen) atoms. The van der Waals surface area contributed by atoms with Gasteiger partial charge in [-0.3, -0.25) is 0 Å². The molecular formula is C8H7N5S. The lowest BCUT2D eigenvalue weighted by Gasteiger charge is -1.98. The Balaban J connectivity index is 2.19. The van der Waals surface area contributed by atoms with Gasteiger partial charge in [0.05, 0.1) is 0 Å². The van der Waals surface area contributed by atoms with E-state index >= 15 is 0 Å². The van der Waals surface area contributed by atoms with E-state index in [1.54, 1.807) is 24.5 Å². The molecule has 0 radical (unpaired) electrons. The highest BCUT2D eigenvalue weighted by molar-refractivity contribution is 7.99. The monoisotopic (exact) mass is 205 g/mol. The van der Waals surface area contributed by atoms with E-state index in [0.29, 0.717) is 11.0 Å². The number of nitrogens with zero attached hydrogens (tertiary/aromatic N) is 4. The molecule has 0 atom stereocenters. The molecule has 0 aromatic carbocycles. The highest BCUT2D eigenvalue weighted by atomic mass is 32.2. The summed E-state index contributed by atoms with van der Waals surface area (Å²) in [6, 6.07) is 3.44. The largest absolute Gasteiger partial charge is 0.384 e. The van der Waals surface area contributed by atoms with E-state index in [2.05, 4.69) is 19.9 Å². The Hall–Kier alpha value is -1.69. The summed E-state index contributed by atoms with van der Waals surface area (Å²) in [4.78, 5) is 15.9. The van der Waals surface area contributed by atoms with Crippen LogP contribution in [0.1, 0.15) is 0 Å². The number of anilines is 1. The molecule has 0 aliphatic carbocycles. The van der Waals surface area contributed by atoms with Crippen LogP contribution in [0.15, 0.2) is 41.0 Å². The normalized spacial score (nSPS) is 10.0. The Morgan fingerprint density at radius 3 is 2.57 bits per heavy atom. The lowest BCUT2D eigenvalue weighted by Crippen LogP contribution is -1.92. The molecular weight excluding hydrogens is 198 g/mol. The minimum Gasteiger partial charge on any atom is -0.384 e. The van der Waals surface area contributed by atoms with Crippen molar-refractivity contribution in [1.82, 2.24) is 19.9 Å². The third kappa shape index (κ3) is 2.17. The van der Waals surface area contributed by atoms with Crippen molar-refractivity contribution >= 4 is 17.6 Å². The third-order valence-electron chi connectivity index (χ3n) is 1.40. The average Bonchev–Trinajstić information content (AvgIpc) is 2.19. The minimum absolute atomic E-state index is 0.443. The zero-order chi connectivity index (χ0) is 9.80. The van der Waals surface area contributed by atoms with Gasteiger partial charge in [-0.15, -0.1) is 0 Å². The van der Waals surface area contributed by atoms with Gasteiger partial charge in [0, 0.05) is 18.5 Å². The van der Waals surface area contributed by atoms with Crippen molar-refractivity contribution in [2.24, 2.45) is 0 Å². The summed E-state index contributed by atoms with van der Waals surface area (Å²) >= 11 is 1.35. The van der Waals surface area contributed by atoms with E-state index in [1.807, 2.05) is 0 Å². The summed E-state index contributed by atoms with van der Waals surface area (Å²) in [5.74, 6) is 0.443. The quantitative estimate of drug-likeness (QED) is 0.582. The molecule has 2 aromatic heterocycles. The Morgan fingerprint density at radius 1 is 1.07 bits per heavy atom. The molecule has 0 amide bonds. The molecule has 70 valence electrons. The van der Waals surface area contributed by atoms with E-state index in [4.69, 9.17) is 5.73 Å². The van der Waals surface area contributed by atoms with Crippen LogP contribution in [0, 0.1) is 0 Å². The lowest BCUT2D eigenvalue weighted by atomic mass is 10.6. The molecule has 2 heterocycles. The zero-order valence-corrected chi connectivity index (χ0v) is 7.98. The van der Waals surface area contributed by atoms with Crippen LogP contribution in [0.2, 0.25) is 0 Å². The second-order valence-electron chi connectivity index (χ2n) is 2.41. The molecule has 0 bridgehead atoms. The van der Waals surface area contributed by atoms with Crippen molar-refractivity contribution in [3.63, 3.8) is 0 Å². The van der Waals surface area contributed by atoms with Crippen molar-refractivity contribution in [3.05, 3.63) is 30.9 Å². The van der Waals surface area contributed by atoms with Gasteiger partial charge in [-0.25, -0.2) is 19.9 Å². The predicted octanol–water partition coefficient (Wildman–Crippen LogP) is 1.00. The molecule has 0 unspecified atom stereocenters. The van der Waals surface area contributed by atoms with Crippen LogP contribution in [0.3, 0.4) is 0 Å². The maximum Gasteiger partial charge on any atom is 0.193 e. The van der Waals surface area contributed by atoms with Crippen molar-refractivity contribution in [2.45, 2.75) is 10.2 Å². The van der Waals surface area contributed by atoms with Crippen LogP contribution < -0.4 is 5.73 Å². The fourth-order valence-electron chi connectivity index (χ4n) is 0.841. The third-order valence-corrected chi connectivity index (χ3v) is 2.23. The average molecular weight is 205 g/mol. The summed E-state index contributed by atoms with van der Waals surface area (Å²) in [6.07, 6.45) is 4.78. The SMILES string of the molecule is Nc1cc(Sc2ncccn2)ncn1. The van der Waals surface area contributed by atoms with Crippen molar-refractivity contribution in [1.29, 1.82) is 0 Å². The molecule has 0 aliphatic heterocycles. The highest BCUT2D eigenvalue weighted by Crippen LogP contribution is 2.21.